The molecule has 0 bridgehead atoms. The molecule has 0 spiro atoms. The van der Waals surface area contributed by atoms with E-state index in [4.69, 9.17) is 17.3 Å². The van der Waals surface area contributed by atoms with E-state index in [1.54, 1.807) is 0 Å². The minimum Gasteiger partial charge on any atom is -0.370 e. The standard InChI is InChI=1S/C21H28ClN5/c1-25(2)16-18-5-3-17(4-6-18)15-24-21(23)27-13-11-26(12-14-27)20-9-7-19(22)8-10-20/h3-10H,11-16H2,1-2H3,(H2,23,24). The number of piperazine rings is 1. The molecule has 1 heterocycles. The van der Waals surface area contributed by atoms with Crippen LogP contribution in [-0.4, -0.2) is 56.0 Å². The summed E-state index contributed by atoms with van der Waals surface area (Å²) >= 11 is 5.97. The van der Waals surface area contributed by atoms with Gasteiger partial charge in [-0.15, -0.1) is 0 Å². The van der Waals surface area contributed by atoms with Crippen LogP contribution >= 0.6 is 11.6 Å². The zero-order valence-electron chi connectivity index (χ0n) is 16.1. The van der Waals surface area contributed by atoms with Crippen molar-refractivity contribution in [1.29, 1.82) is 0 Å². The molecule has 1 aliphatic heterocycles. The van der Waals surface area contributed by atoms with Crippen LogP contribution in [-0.2, 0) is 13.1 Å². The Hall–Kier alpha value is -2.24. The highest BCUT2D eigenvalue weighted by Crippen LogP contribution is 2.19. The highest BCUT2D eigenvalue weighted by molar-refractivity contribution is 6.30. The largest absolute Gasteiger partial charge is 0.370 e. The fourth-order valence-corrected chi connectivity index (χ4v) is 3.36. The smallest absolute Gasteiger partial charge is 0.191 e. The molecule has 2 N–H and O–H groups in total. The van der Waals surface area contributed by atoms with E-state index in [1.807, 2.05) is 12.1 Å². The molecule has 5 nitrogen and oxygen atoms in total. The van der Waals surface area contributed by atoms with Gasteiger partial charge in [0.1, 0.15) is 0 Å². The van der Waals surface area contributed by atoms with Crippen LogP contribution in [0.15, 0.2) is 53.5 Å². The van der Waals surface area contributed by atoms with Crippen LogP contribution in [0.1, 0.15) is 11.1 Å². The SMILES string of the molecule is CN(C)Cc1ccc(CN=C(N)N2CCN(c3ccc(Cl)cc3)CC2)cc1. The number of hydrogen-bond acceptors (Lipinski definition) is 3. The number of guanidine groups is 1. The second-order valence-electron chi connectivity index (χ2n) is 7.18. The molecule has 0 amide bonds. The van der Waals surface area contributed by atoms with E-state index in [0.29, 0.717) is 12.5 Å². The molecule has 0 saturated carbocycles. The molecule has 0 radical (unpaired) electrons. The van der Waals surface area contributed by atoms with Gasteiger partial charge in [-0.25, -0.2) is 4.99 Å². The molecule has 1 aliphatic rings. The third-order valence-corrected chi connectivity index (χ3v) is 4.99. The maximum absolute atomic E-state index is 6.23. The van der Waals surface area contributed by atoms with Crippen LogP contribution < -0.4 is 10.6 Å². The van der Waals surface area contributed by atoms with Crippen LogP contribution in [0.4, 0.5) is 5.69 Å². The first-order chi connectivity index (χ1) is 13.0. The van der Waals surface area contributed by atoms with Gasteiger partial charge in [-0.05, 0) is 49.5 Å². The molecule has 0 aromatic heterocycles. The monoisotopic (exact) mass is 385 g/mol. The summed E-state index contributed by atoms with van der Waals surface area (Å²) in [4.78, 5) is 11.3. The zero-order valence-corrected chi connectivity index (χ0v) is 16.9. The Balaban J connectivity index is 1.51. The molecule has 0 atom stereocenters. The van der Waals surface area contributed by atoms with Gasteiger partial charge in [-0.3, -0.25) is 0 Å². The lowest BCUT2D eigenvalue weighted by molar-refractivity contribution is 0.380. The molecule has 144 valence electrons. The summed E-state index contributed by atoms with van der Waals surface area (Å²) in [6.45, 7) is 5.17. The molecule has 3 rings (SSSR count). The van der Waals surface area contributed by atoms with Crippen molar-refractivity contribution in [2.75, 3.05) is 45.2 Å². The predicted octanol–water partition coefficient (Wildman–Crippen LogP) is 3.04. The summed E-state index contributed by atoms with van der Waals surface area (Å²) in [5.74, 6) is 0.628. The molecular weight excluding hydrogens is 358 g/mol. The maximum Gasteiger partial charge on any atom is 0.191 e. The van der Waals surface area contributed by atoms with Crippen LogP contribution in [0.2, 0.25) is 5.02 Å². The first kappa shape index (κ1) is 19.5. The number of nitrogens with zero attached hydrogens (tertiary/aromatic N) is 4. The van der Waals surface area contributed by atoms with Crippen LogP contribution in [0.3, 0.4) is 0 Å². The van der Waals surface area contributed by atoms with Crippen molar-refractivity contribution < 1.29 is 0 Å². The van der Waals surface area contributed by atoms with Gasteiger partial charge in [-0.1, -0.05) is 35.9 Å². The van der Waals surface area contributed by atoms with E-state index in [0.717, 1.165) is 37.7 Å². The van der Waals surface area contributed by atoms with Gasteiger partial charge in [-0.2, -0.15) is 0 Å². The fourth-order valence-electron chi connectivity index (χ4n) is 3.23. The number of hydrogen-bond donors (Lipinski definition) is 1. The Morgan fingerprint density at radius 2 is 1.56 bits per heavy atom. The quantitative estimate of drug-likeness (QED) is 0.634. The molecule has 0 unspecified atom stereocenters. The lowest BCUT2D eigenvalue weighted by atomic mass is 10.1. The zero-order chi connectivity index (χ0) is 19.2. The van der Waals surface area contributed by atoms with Gasteiger partial charge in [0.2, 0.25) is 0 Å². The Labute approximate surface area is 167 Å². The average molecular weight is 386 g/mol. The van der Waals surface area contributed by atoms with Gasteiger partial charge >= 0.3 is 0 Å². The Morgan fingerprint density at radius 1 is 0.963 bits per heavy atom. The van der Waals surface area contributed by atoms with Crippen molar-refractivity contribution in [2.24, 2.45) is 10.7 Å². The molecule has 2 aromatic rings. The number of rotatable bonds is 5. The second kappa shape index (κ2) is 9.11. The summed E-state index contributed by atoms with van der Waals surface area (Å²) in [7, 11) is 4.15. The number of nitrogens with two attached hydrogens (primary N) is 1. The summed E-state index contributed by atoms with van der Waals surface area (Å²) in [5.41, 5.74) is 9.92. The van der Waals surface area contributed by atoms with Gasteiger partial charge in [0.05, 0.1) is 6.54 Å². The number of aliphatic imine (C=N–C) groups is 1. The molecule has 1 saturated heterocycles. The minimum atomic E-state index is 0.617. The molecular formula is C21H28ClN5. The fraction of sp³-hybridized carbons (Fsp3) is 0.381. The summed E-state index contributed by atoms with van der Waals surface area (Å²) in [6, 6.07) is 16.6. The molecule has 27 heavy (non-hydrogen) atoms. The lowest BCUT2D eigenvalue weighted by Gasteiger charge is -2.36. The van der Waals surface area contributed by atoms with Gasteiger partial charge in [0.15, 0.2) is 5.96 Å². The van der Waals surface area contributed by atoms with E-state index in [-0.39, 0.29) is 0 Å². The Bertz CT molecular complexity index is 747. The van der Waals surface area contributed by atoms with Crippen molar-refractivity contribution >= 4 is 23.2 Å². The third kappa shape index (κ3) is 5.62. The van der Waals surface area contributed by atoms with E-state index >= 15 is 0 Å². The van der Waals surface area contributed by atoms with Crippen molar-refractivity contribution in [1.82, 2.24) is 9.80 Å². The summed E-state index contributed by atoms with van der Waals surface area (Å²) < 4.78 is 0. The van der Waals surface area contributed by atoms with Gasteiger partial charge in [0, 0.05) is 43.4 Å². The summed E-state index contributed by atoms with van der Waals surface area (Å²) in [5, 5.41) is 0.767. The number of halogens is 1. The average Bonchev–Trinajstić information content (AvgIpc) is 2.67. The lowest BCUT2D eigenvalue weighted by Crippen LogP contribution is -2.51. The second-order valence-corrected chi connectivity index (χ2v) is 7.62. The molecule has 1 fully saturated rings. The van der Waals surface area contributed by atoms with Gasteiger partial charge in [0.25, 0.3) is 0 Å². The van der Waals surface area contributed by atoms with E-state index in [9.17, 15) is 0 Å². The highest BCUT2D eigenvalue weighted by atomic mass is 35.5. The Kier molecular flexibility index (Phi) is 6.58. The van der Waals surface area contributed by atoms with Crippen molar-refractivity contribution in [3.8, 4) is 0 Å². The third-order valence-electron chi connectivity index (χ3n) is 4.74. The molecule has 0 aliphatic carbocycles. The predicted molar refractivity (Wildman–Crippen MR) is 114 cm³/mol. The van der Waals surface area contributed by atoms with E-state index in [1.165, 1.54) is 16.8 Å². The van der Waals surface area contributed by atoms with E-state index < -0.39 is 0 Å². The van der Waals surface area contributed by atoms with Crippen molar-refractivity contribution in [2.45, 2.75) is 13.1 Å². The number of anilines is 1. The van der Waals surface area contributed by atoms with Crippen LogP contribution in [0, 0.1) is 0 Å². The molecule has 2 aromatic carbocycles. The highest BCUT2D eigenvalue weighted by Gasteiger charge is 2.18. The number of benzene rings is 2. The minimum absolute atomic E-state index is 0.617. The summed E-state index contributed by atoms with van der Waals surface area (Å²) in [6.07, 6.45) is 0. The van der Waals surface area contributed by atoms with Crippen LogP contribution in [0.5, 0.6) is 0 Å². The maximum atomic E-state index is 6.23. The van der Waals surface area contributed by atoms with E-state index in [2.05, 4.69) is 70.2 Å². The Morgan fingerprint density at radius 3 is 2.15 bits per heavy atom. The van der Waals surface area contributed by atoms with Gasteiger partial charge < -0.3 is 20.4 Å². The normalized spacial score (nSPS) is 15.5. The first-order valence-corrected chi connectivity index (χ1v) is 9.67. The first-order valence-electron chi connectivity index (χ1n) is 9.29. The molecule has 6 heteroatoms. The van der Waals surface area contributed by atoms with Crippen LogP contribution in [0.25, 0.3) is 0 Å². The van der Waals surface area contributed by atoms with Crippen molar-refractivity contribution in [3.05, 3.63) is 64.7 Å². The topological polar surface area (TPSA) is 48.1 Å². The van der Waals surface area contributed by atoms with Crippen molar-refractivity contribution in [3.63, 3.8) is 0 Å².